The second-order valence-electron chi connectivity index (χ2n) is 8.52. The van der Waals surface area contributed by atoms with Crippen LogP contribution in [-0.4, -0.2) is 34.0 Å². The number of carbonyl (C=O) groups is 1. The summed E-state index contributed by atoms with van der Waals surface area (Å²) in [7, 11) is 0. The van der Waals surface area contributed by atoms with Crippen molar-refractivity contribution in [2.24, 2.45) is 5.10 Å². The predicted molar refractivity (Wildman–Crippen MR) is 159 cm³/mol. The molecule has 10 heteroatoms. The minimum Gasteiger partial charge on any atom is -0.494 e. The first-order valence-electron chi connectivity index (χ1n) is 12.2. The van der Waals surface area contributed by atoms with Gasteiger partial charge in [0.25, 0.3) is 11.5 Å². The van der Waals surface area contributed by atoms with Crippen LogP contribution in [0.25, 0.3) is 22.0 Å². The Morgan fingerprint density at radius 1 is 1.21 bits per heavy atom. The lowest BCUT2D eigenvalue weighted by Gasteiger charge is -2.13. The summed E-state index contributed by atoms with van der Waals surface area (Å²) in [6.45, 7) is 2.49. The summed E-state index contributed by atoms with van der Waals surface area (Å²) >= 11 is 6.24. The van der Waals surface area contributed by atoms with Crippen LogP contribution < -0.4 is 15.7 Å². The minimum atomic E-state index is -0.299. The van der Waals surface area contributed by atoms with Crippen molar-refractivity contribution in [3.63, 3.8) is 0 Å². The van der Waals surface area contributed by atoms with Crippen LogP contribution in [0.15, 0.2) is 74.1 Å². The number of nitrogens with zero attached hydrogens (tertiary/aromatic N) is 3. The van der Waals surface area contributed by atoms with Gasteiger partial charge in [-0.05, 0) is 83.6 Å². The molecule has 0 radical (unpaired) electrons. The molecule has 0 unspecified atom stereocenters. The number of ether oxygens (including phenoxy) is 1. The van der Waals surface area contributed by atoms with Gasteiger partial charge in [-0.3, -0.25) is 14.2 Å². The molecular formula is C28H25BrN4O3S2. The van der Waals surface area contributed by atoms with Crippen LogP contribution in [0.2, 0.25) is 0 Å². The second-order valence-corrected chi connectivity index (χ2v) is 11.5. The molecule has 1 N–H and O–H groups in total. The number of carbonyl (C=O) groups excluding carboxylic acids is 1. The Bertz CT molecular complexity index is 1580. The van der Waals surface area contributed by atoms with Gasteiger partial charge in [-0.1, -0.05) is 42.1 Å². The molecule has 1 aliphatic carbocycles. The zero-order valence-corrected chi connectivity index (χ0v) is 23.9. The van der Waals surface area contributed by atoms with Crippen molar-refractivity contribution in [1.29, 1.82) is 0 Å². The third-order valence-corrected chi connectivity index (χ3v) is 8.49. The van der Waals surface area contributed by atoms with Gasteiger partial charge in [0.1, 0.15) is 10.6 Å². The largest absolute Gasteiger partial charge is 0.494 e. The summed E-state index contributed by atoms with van der Waals surface area (Å²) in [4.78, 5) is 33.2. The molecule has 7 nitrogen and oxygen atoms in total. The van der Waals surface area contributed by atoms with E-state index in [1.54, 1.807) is 15.9 Å². The molecule has 5 rings (SSSR count). The first-order valence-corrected chi connectivity index (χ1v) is 14.8. The van der Waals surface area contributed by atoms with Crippen molar-refractivity contribution in [3.05, 3.63) is 85.4 Å². The maximum absolute atomic E-state index is 13.8. The van der Waals surface area contributed by atoms with Gasteiger partial charge in [0.05, 0.1) is 29.6 Å². The van der Waals surface area contributed by atoms with Crippen LogP contribution in [0, 0.1) is 0 Å². The second kappa shape index (κ2) is 12.1. The third kappa shape index (κ3) is 5.92. The van der Waals surface area contributed by atoms with Gasteiger partial charge in [-0.2, -0.15) is 5.10 Å². The predicted octanol–water partition coefficient (Wildman–Crippen LogP) is 5.96. The maximum Gasteiger partial charge on any atom is 0.267 e. The number of rotatable bonds is 9. The molecule has 0 saturated carbocycles. The Morgan fingerprint density at radius 2 is 2.00 bits per heavy atom. The van der Waals surface area contributed by atoms with Gasteiger partial charge in [-0.25, -0.2) is 10.4 Å². The SMILES string of the molecule is CCOc1ccc(-n2c(SCC(=O)NN=CC(Br)=Cc3ccccc3)nc3sc4c(c3c2=O)CCC4)cc1. The van der Waals surface area contributed by atoms with Crippen LogP contribution >= 0.6 is 39.0 Å². The zero-order valence-electron chi connectivity index (χ0n) is 20.6. The number of aromatic nitrogens is 2. The number of halogens is 1. The molecule has 0 atom stereocenters. The van der Waals surface area contributed by atoms with Crippen molar-refractivity contribution >= 4 is 67.4 Å². The average Bonchev–Trinajstić information content (AvgIpc) is 3.50. The number of thiophene rings is 1. The summed E-state index contributed by atoms with van der Waals surface area (Å²) < 4.78 is 7.88. The number of nitrogens with one attached hydrogen (secondary N) is 1. The third-order valence-electron chi connectivity index (χ3n) is 5.93. The lowest BCUT2D eigenvalue weighted by atomic mass is 10.2. The quantitative estimate of drug-likeness (QED) is 0.110. The molecular weight excluding hydrogens is 584 g/mol. The molecule has 2 aromatic carbocycles. The lowest BCUT2D eigenvalue weighted by Crippen LogP contribution is -2.24. The van der Waals surface area contributed by atoms with E-state index >= 15 is 0 Å². The van der Waals surface area contributed by atoms with E-state index < -0.39 is 0 Å². The van der Waals surface area contributed by atoms with Gasteiger partial charge in [-0.15, -0.1) is 11.3 Å². The molecule has 0 spiro atoms. The molecule has 1 aliphatic rings. The van der Waals surface area contributed by atoms with Crippen molar-refractivity contribution in [2.75, 3.05) is 12.4 Å². The van der Waals surface area contributed by atoms with Gasteiger partial charge in [0, 0.05) is 9.36 Å². The highest BCUT2D eigenvalue weighted by Gasteiger charge is 2.24. The van der Waals surface area contributed by atoms with Gasteiger partial charge < -0.3 is 4.74 Å². The number of hydrogen-bond acceptors (Lipinski definition) is 7. The van der Waals surface area contributed by atoms with Gasteiger partial charge in [0.15, 0.2) is 5.16 Å². The Morgan fingerprint density at radius 3 is 2.76 bits per heavy atom. The van der Waals surface area contributed by atoms with E-state index in [0.717, 1.165) is 45.5 Å². The van der Waals surface area contributed by atoms with Crippen LogP contribution in [0.1, 0.15) is 29.3 Å². The molecule has 4 aromatic rings. The summed E-state index contributed by atoms with van der Waals surface area (Å²) in [6, 6.07) is 17.2. The van der Waals surface area contributed by atoms with Gasteiger partial charge >= 0.3 is 0 Å². The summed E-state index contributed by atoms with van der Waals surface area (Å²) in [5.41, 5.74) is 5.26. The Kier molecular flexibility index (Phi) is 8.41. The van der Waals surface area contributed by atoms with Crippen LogP contribution in [-0.2, 0) is 17.6 Å². The van der Waals surface area contributed by atoms with E-state index in [0.29, 0.717) is 22.8 Å². The number of benzene rings is 2. The smallest absolute Gasteiger partial charge is 0.267 e. The average molecular weight is 610 g/mol. The number of hydrogen-bond donors (Lipinski definition) is 1. The molecule has 0 saturated heterocycles. The molecule has 2 aromatic heterocycles. The van der Waals surface area contributed by atoms with Crippen LogP contribution in [0.5, 0.6) is 5.75 Å². The Hall–Kier alpha value is -3.21. The molecule has 194 valence electrons. The molecule has 38 heavy (non-hydrogen) atoms. The van der Waals surface area contributed by atoms with Gasteiger partial charge in [0.2, 0.25) is 0 Å². The zero-order chi connectivity index (χ0) is 26.5. The van der Waals surface area contributed by atoms with E-state index in [9.17, 15) is 9.59 Å². The molecule has 1 amide bonds. The Labute approximate surface area is 236 Å². The first-order chi connectivity index (χ1) is 18.5. The monoisotopic (exact) mass is 608 g/mol. The first kappa shape index (κ1) is 26.4. The van der Waals surface area contributed by atoms with E-state index in [-0.39, 0.29) is 17.2 Å². The standard InChI is InChI=1S/C28H25BrN4O3S2/c1-2-36-21-13-11-20(12-14-21)33-27(35)25-22-9-6-10-23(22)38-26(25)31-28(33)37-17-24(34)32-30-16-19(29)15-18-7-4-3-5-8-18/h3-5,7-8,11-16H,2,6,9-10,17H2,1H3,(H,32,34). The highest BCUT2D eigenvalue weighted by atomic mass is 79.9. The van der Waals surface area contributed by atoms with Crippen molar-refractivity contribution < 1.29 is 9.53 Å². The fraction of sp³-hybridized carbons (Fsp3) is 0.214. The highest BCUT2D eigenvalue weighted by Crippen LogP contribution is 2.36. The normalized spacial score (nSPS) is 13.3. The van der Waals surface area contributed by atoms with E-state index in [1.165, 1.54) is 22.9 Å². The highest BCUT2D eigenvalue weighted by molar-refractivity contribution is 9.12. The number of amides is 1. The number of hydrazone groups is 1. The Balaban J connectivity index is 1.37. The minimum absolute atomic E-state index is 0.0530. The number of thioether (sulfide) groups is 1. The van der Waals surface area contributed by atoms with Crippen molar-refractivity contribution in [3.8, 4) is 11.4 Å². The van der Waals surface area contributed by atoms with Crippen molar-refractivity contribution in [2.45, 2.75) is 31.3 Å². The number of aryl methyl sites for hydroxylation is 2. The number of fused-ring (bicyclic) bond motifs is 3. The summed E-state index contributed by atoms with van der Waals surface area (Å²) in [5, 5.41) is 5.20. The fourth-order valence-corrected chi connectivity index (χ4v) is 6.76. The molecule has 0 fully saturated rings. The van der Waals surface area contributed by atoms with Crippen LogP contribution in [0.4, 0.5) is 0 Å². The van der Waals surface area contributed by atoms with E-state index in [4.69, 9.17) is 9.72 Å². The van der Waals surface area contributed by atoms with E-state index in [2.05, 4.69) is 26.5 Å². The summed E-state index contributed by atoms with van der Waals surface area (Å²) in [6.07, 6.45) is 6.38. The van der Waals surface area contributed by atoms with Crippen molar-refractivity contribution in [1.82, 2.24) is 15.0 Å². The lowest BCUT2D eigenvalue weighted by molar-refractivity contribution is -0.118. The fourth-order valence-electron chi connectivity index (χ4n) is 4.28. The molecule has 2 heterocycles. The topological polar surface area (TPSA) is 85.6 Å². The van der Waals surface area contributed by atoms with E-state index in [1.807, 2.05) is 67.6 Å². The molecule has 0 bridgehead atoms. The summed E-state index contributed by atoms with van der Waals surface area (Å²) in [5.74, 6) is 0.485. The van der Waals surface area contributed by atoms with Crippen LogP contribution in [0.3, 0.4) is 0 Å². The molecule has 0 aliphatic heterocycles. The number of allylic oxidation sites excluding steroid dienone is 1. The maximum atomic E-state index is 13.8.